The fourth-order valence-corrected chi connectivity index (χ4v) is 5.78. The average Bonchev–Trinajstić information content (AvgIpc) is 3.54. The number of imidazole rings is 1. The number of amides is 1. The van der Waals surface area contributed by atoms with E-state index in [9.17, 15) is 4.79 Å². The van der Waals surface area contributed by atoms with Crippen LogP contribution in [0.3, 0.4) is 0 Å². The number of nitrogens with zero attached hydrogens (tertiary/aromatic N) is 2. The molecule has 2 unspecified atom stereocenters. The van der Waals surface area contributed by atoms with Gasteiger partial charge in [-0.1, -0.05) is 24.1 Å². The number of carbonyl (C=O) groups is 1. The molecule has 1 aliphatic heterocycles. The van der Waals surface area contributed by atoms with E-state index in [1.807, 2.05) is 24.3 Å². The molecule has 0 radical (unpaired) electrons. The highest BCUT2D eigenvalue weighted by molar-refractivity contribution is 6.31. The van der Waals surface area contributed by atoms with Crippen molar-refractivity contribution in [2.24, 2.45) is 5.92 Å². The molecular weight excluding hydrogens is 432 g/mol. The number of rotatable bonds is 5. The van der Waals surface area contributed by atoms with Gasteiger partial charge in [-0.05, 0) is 85.9 Å². The molecule has 6 rings (SSSR count). The molecule has 0 spiro atoms. The maximum Gasteiger partial charge on any atom is 0.251 e. The lowest BCUT2D eigenvalue weighted by molar-refractivity contribution is 0.0924. The van der Waals surface area contributed by atoms with Gasteiger partial charge < -0.3 is 10.3 Å². The van der Waals surface area contributed by atoms with Gasteiger partial charge in [0, 0.05) is 42.2 Å². The smallest absolute Gasteiger partial charge is 0.251 e. The lowest BCUT2D eigenvalue weighted by Crippen LogP contribution is -2.38. The Labute approximate surface area is 199 Å². The minimum Gasteiger partial charge on any atom is -0.349 e. The number of benzene rings is 2. The fourth-order valence-electron chi connectivity index (χ4n) is 5.61. The first kappa shape index (κ1) is 21.2. The Balaban J connectivity index is 1.12. The summed E-state index contributed by atoms with van der Waals surface area (Å²) in [5, 5.41) is 4.04. The third-order valence-corrected chi connectivity index (χ3v) is 7.87. The van der Waals surface area contributed by atoms with Crippen molar-refractivity contribution >= 4 is 28.5 Å². The van der Waals surface area contributed by atoms with Gasteiger partial charge in [-0.25, -0.2) is 4.98 Å². The van der Waals surface area contributed by atoms with E-state index in [4.69, 9.17) is 16.6 Å². The summed E-state index contributed by atoms with van der Waals surface area (Å²) in [6.45, 7) is 3.34. The van der Waals surface area contributed by atoms with Crippen LogP contribution in [0.1, 0.15) is 71.8 Å². The molecule has 3 aliphatic rings. The Bertz CT molecular complexity index is 1180. The van der Waals surface area contributed by atoms with Crippen LogP contribution in [0.2, 0.25) is 5.02 Å². The van der Waals surface area contributed by atoms with E-state index in [2.05, 4.69) is 27.3 Å². The number of aromatic amines is 1. The number of hydrogen-bond donors (Lipinski definition) is 2. The van der Waals surface area contributed by atoms with Crippen molar-refractivity contribution in [3.63, 3.8) is 0 Å². The van der Waals surface area contributed by atoms with E-state index < -0.39 is 0 Å². The number of carbonyl (C=O) groups excluding carboxylic acids is 1. The van der Waals surface area contributed by atoms with Gasteiger partial charge in [0.05, 0.1) is 11.0 Å². The molecule has 2 heterocycles. The highest BCUT2D eigenvalue weighted by atomic mass is 35.5. The second kappa shape index (κ2) is 8.77. The number of nitrogens with one attached hydrogen (secondary N) is 2. The zero-order valence-corrected chi connectivity index (χ0v) is 19.7. The van der Waals surface area contributed by atoms with Crippen LogP contribution < -0.4 is 5.32 Å². The molecule has 1 aromatic heterocycles. The van der Waals surface area contributed by atoms with Crippen molar-refractivity contribution < 1.29 is 4.79 Å². The molecule has 172 valence electrons. The molecular formula is C27H31ClN4O. The van der Waals surface area contributed by atoms with Crippen LogP contribution >= 0.6 is 11.6 Å². The molecule has 0 bridgehead atoms. The van der Waals surface area contributed by atoms with Crippen molar-refractivity contribution in [2.75, 3.05) is 13.1 Å². The molecule has 2 saturated carbocycles. The normalized spacial score (nSPS) is 23.4. The molecule has 6 heteroatoms. The zero-order valence-electron chi connectivity index (χ0n) is 18.9. The highest BCUT2D eigenvalue weighted by Gasteiger charge is 2.28. The van der Waals surface area contributed by atoms with Crippen LogP contribution in [0.5, 0.6) is 0 Å². The molecule has 1 amide bonds. The van der Waals surface area contributed by atoms with Gasteiger partial charge in [0.2, 0.25) is 0 Å². The van der Waals surface area contributed by atoms with Crippen molar-refractivity contribution in [3.8, 4) is 0 Å². The third kappa shape index (κ3) is 4.67. The van der Waals surface area contributed by atoms with Crippen LogP contribution in [0.15, 0.2) is 36.4 Å². The van der Waals surface area contributed by atoms with Crippen LogP contribution in [-0.4, -0.2) is 39.9 Å². The topological polar surface area (TPSA) is 61.0 Å². The van der Waals surface area contributed by atoms with Crippen molar-refractivity contribution in [1.29, 1.82) is 0 Å². The average molecular weight is 463 g/mol. The Hall–Kier alpha value is -2.37. The van der Waals surface area contributed by atoms with Gasteiger partial charge in [-0.2, -0.15) is 0 Å². The van der Waals surface area contributed by atoms with Gasteiger partial charge in [0.1, 0.15) is 5.82 Å². The zero-order chi connectivity index (χ0) is 22.4. The lowest BCUT2D eigenvalue weighted by Gasteiger charge is -2.30. The number of H-pyrrole nitrogens is 1. The molecule has 2 atom stereocenters. The summed E-state index contributed by atoms with van der Waals surface area (Å²) in [5.41, 5.74) is 5.46. The van der Waals surface area contributed by atoms with Gasteiger partial charge in [-0.15, -0.1) is 0 Å². The first-order valence-corrected chi connectivity index (χ1v) is 12.8. The summed E-state index contributed by atoms with van der Waals surface area (Å²) in [6, 6.07) is 12.2. The summed E-state index contributed by atoms with van der Waals surface area (Å²) in [7, 11) is 0. The summed E-state index contributed by atoms with van der Waals surface area (Å²) in [6.07, 6.45) is 7.99. The highest BCUT2D eigenvalue weighted by Crippen LogP contribution is 2.34. The van der Waals surface area contributed by atoms with Gasteiger partial charge >= 0.3 is 0 Å². The predicted molar refractivity (Wildman–Crippen MR) is 132 cm³/mol. The Morgan fingerprint density at radius 1 is 1.12 bits per heavy atom. The second-order valence-electron chi connectivity index (χ2n) is 10.2. The van der Waals surface area contributed by atoms with E-state index >= 15 is 0 Å². The van der Waals surface area contributed by atoms with Crippen molar-refractivity contribution in [3.05, 3.63) is 63.9 Å². The molecule has 3 aromatic rings. The van der Waals surface area contributed by atoms with Crippen LogP contribution in [0.4, 0.5) is 0 Å². The van der Waals surface area contributed by atoms with E-state index in [0.29, 0.717) is 10.9 Å². The summed E-state index contributed by atoms with van der Waals surface area (Å²) >= 11 is 6.13. The Morgan fingerprint density at radius 2 is 2.03 bits per heavy atom. The fraction of sp³-hybridized carbons (Fsp3) is 0.481. The van der Waals surface area contributed by atoms with Gasteiger partial charge in [0.25, 0.3) is 5.91 Å². The van der Waals surface area contributed by atoms with Gasteiger partial charge in [-0.3, -0.25) is 9.69 Å². The monoisotopic (exact) mass is 462 g/mol. The van der Waals surface area contributed by atoms with Crippen LogP contribution in [0, 0.1) is 5.92 Å². The van der Waals surface area contributed by atoms with E-state index in [-0.39, 0.29) is 11.9 Å². The number of aromatic nitrogens is 2. The number of halogens is 1. The van der Waals surface area contributed by atoms with Crippen LogP contribution in [0.25, 0.3) is 11.0 Å². The number of hydrogen-bond acceptors (Lipinski definition) is 3. The minimum atomic E-state index is 0.0548. The third-order valence-electron chi connectivity index (χ3n) is 7.63. The van der Waals surface area contributed by atoms with Crippen LogP contribution in [-0.2, 0) is 13.0 Å². The molecule has 5 nitrogen and oxygen atoms in total. The molecule has 2 aromatic carbocycles. The largest absolute Gasteiger partial charge is 0.349 e. The summed E-state index contributed by atoms with van der Waals surface area (Å²) < 4.78 is 0. The minimum absolute atomic E-state index is 0.0548. The van der Waals surface area contributed by atoms with E-state index in [0.717, 1.165) is 73.5 Å². The molecule has 33 heavy (non-hydrogen) atoms. The maximum atomic E-state index is 13.1. The van der Waals surface area contributed by atoms with E-state index in [1.165, 1.54) is 30.5 Å². The number of fused-ring (bicyclic) bond motifs is 2. The quantitative estimate of drug-likeness (QED) is 0.530. The van der Waals surface area contributed by atoms with Crippen molar-refractivity contribution in [2.45, 2.75) is 63.5 Å². The second-order valence-corrected chi connectivity index (χ2v) is 10.7. The molecule has 2 N–H and O–H groups in total. The Morgan fingerprint density at radius 3 is 2.91 bits per heavy atom. The maximum absolute atomic E-state index is 13.1. The standard InChI is InChI=1S/C27H31ClN4O/c28-22-8-9-24-25(14-22)31-26(30-24)19-2-1-3-23(13-19)29-27(33)20-7-6-18-10-11-32(15-17-4-5-17)16-21(18)12-20/h6-9,12,14,17,19,23H,1-5,10-11,13,15-16H2,(H,29,33)(H,30,31). The lowest BCUT2D eigenvalue weighted by atomic mass is 9.85. The summed E-state index contributed by atoms with van der Waals surface area (Å²) in [4.78, 5) is 23.9. The predicted octanol–water partition coefficient (Wildman–Crippen LogP) is 5.44. The molecule has 2 fully saturated rings. The van der Waals surface area contributed by atoms with Gasteiger partial charge in [0.15, 0.2) is 0 Å². The van der Waals surface area contributed by atoms with Crippen molar-refractivity contribution in [1.82, 2.24) is 20.2 Å². The first-order chi connectivity index (χ1) is 16.1. The SMILES string of the molecule is O=C(NC1CCCC(c2nc3ccc(Cl)cc3[nH]2)C1)c1ccc2c(c1)CN(CC1CC1)CC2. The first-order valence-electron chi connectivity index (χ1n) is 12.4. The van der Waals surface area contributed by atoms with E-state index in [1.54, 1.807) is 0 Å². The molecule has 0 saturated heterocycles. The Kier molecular flexibility index (Phi) is 5.63. The molecule has 2 aliphatic carbocycles. The summed E-state index contributed by atoms with van der Waals surface area (Å²) in [5.74, 6) is 2.30.